The summed E-state index contributed by atoms with van der Waals surface area (Å²) in [5.41, 5.74) is 7.10. The summed E-state index contributed by atoms with van der Waals surface area (Å²) < 4.78 is 16.0. The molecule has 102 valence electrons. The first-order valence-corrected chi connectivity index (χ1v) is 5.90. The van der Waals surface area contributed by atoms with Gasteiger partial charge in [0.05, 0.1) is 26.9 Å². The lowest BCUT2D eigenvalue weighted by Gasteiger charge is -2.30. The van der Waals surface area contributed by atoms with Crippen LogP contribution in [0.1, 0.15) is 32.4 Å². The Balaban J connectivity index is 3.40. The molecule has 4 heteroatoms. The van der Waals surface area contributed by atoms with E-state index in [9.17, 15) is 0 Å². The lowest BCUT2D eigenvalue weighted by atomic mass is 9.82. The first-order valence-electron chi connectivity index (χ1n) is 5.90. The number of rotatable bonds is 4. The molecule has 0 amide bonds. The largest absolute Gasteiger partial charge is 0.496 e. The van der Waals surface area contributed by atoms with Gasteiger partial charge in [-0.2, -0.15) is 0 Å². The van der Waals surface area contributed by atoms with Crippen molar-refractivity contribution in [3.63, 3.8) is 0 Å². The van der Waals surface area contributed by atoms with Gasteiger partial charge >= 0.3 is 0 Å². The fraction of sp³-hybridized carbons (Fsp3) is 0.571. The molecule has 4 nitrogen and oxygen atoms in total. The van der Waals surface area contributed by atoms with Crippen molar-refractivity contribution in [2.24, 2.45) is 11.1 Å². The molecule has 0 aromatic heterocycles. The number of nitrogens with two attached hydrogens (primary N) is 1. The van der Waals surface area contributed by atoms with E-state index >= 15 is 0 Å². The molecule has 2 N–H and O–H groups in total. The Bertz CT molecular complexity index is 385. The van der Waals surface area contributed by atoms with Crippen LogP contribution in [-0.4, -0.2) is 21.3 Å². The SMILES string of the molecule is COc1cc(OC)c([C@H](N)C(C)(C)C)c(OC)c1. The number of ether oxygens (including phenoxy) is 3. The molecule has 0 fully saturated rings. The zero-order chi connectivity index (χ0) is 13.9. The van der Waals surface area contributed by atoms with E-state index in [1.165, 1.54) is 0 Å². The second kappa shape index (κ2) is 5.48. The summed E-state index contributed by atoms with van der Waals surface area (Å²) in [7, 11) is 4.85. The minimum absolute atomic E-state index is 0.0881. The highest BCUT2D eigenvalue weighted by atomic mass is 16.5. The standard InChI is InChI=1S/C14H23NO3/c1-14(2,3)13(15)12-10(17-5)7-9(16-4)8-11(12)18-6/h7-8,13H,15H2,1-6H3/t13-/m0/s1. The normalized spacial score (nSPS) is 13.1. The van der Waals surface area contributed by atoms with E-state index in [4.69, 9.17) is 19.9 Å². The van der Waals surface area contributed by atoms with Gasteiger partial charge in [0, 0.05) is 18.2 Å². The number of methoxy groups -OCH3 is 3. The third-order valence-electron chi connectivity index (χ3n) is 3.00. The predicted molar refractivity (Wildman–Crippen MR) is 72.5 cm³/mol. The van der Waals surface area contributed by atoms with E-state index < -0.39 is 0 Å². The first-order chi connectivity index (χ1) is 8.35. The molecule has 0 saturated heterocycles. The maximum absolute atomic E-state index is 6.32. The van der Waals surface area contributed by atoms with E-state index in [0.29, 0.717) is 17.2 Å². The Kier molecular flexibility index (Phi) is 4.46. The average Bonchev–Trinajstić information content (AvgIpc) is 2.34. The molecule has 0 heterocycles. The van der Waals surface area contributed by atoms with Crippen molar-refractivity contribution in [3.8, 4) is 17.2 Å². The van der Waals surface area contributed by atoms with Crippen LogP contribution in [0, 0.1) is 5.41 Å². The molecule has 0 radical (unpaired) electrons. The molecule has 0 unspecified atom stereocenters. The van der Waals surface area contributed by atoms with Crippen molar-refractivity contribution in [3.05, 3.63) is 17.7 Å². The Labute approximate surface area is 109 Å². The van der Waals surface area contributed by atoms with Crippen LogP contribution in [0.15, 0.2) is 12.1 Å². The lowest BCUT2D eigenvalue weighted by molar-refractivity contribution is 0.298. The van der Waals surface area contributed by atoms with Gasteiger partial charge in [0.2, 0.25) is 0 Å². The summed E-state index contributed by atoms with van der Waals surface area (Å²) in [5, 5.41) is 0. The van der Waals surface area contributed by atoms with Crippen molar-refractivity contribution >= 4 is 0 Å². The number of hydrogen-bond acceptors (Lipinski definition) is 4. The van der Waals surface area contributed by atoms with Gasteiger partial charge in [-0.15, -0.1) is 0 Å². The van der Waals surface area contributed by atoms with Crippen LogP contribution >= 0.6 is 0 Å². The van der Waals surface area contributed by atoms with E-state index in [2.05, 4.69) is 20.8 Å². The molecule has 0 aliphatic heterocycles. The van der Waals surface area contributed by atoms with Crippen molar-refractivity contribution < 1.29 is 14.2 Å². The van der Waals surface area contributed by atoms with Crippen molar-refractivity contribution in [1.29, 1.82) is 0 Å². The van der Waals surface area contributed by atoms with Gasteiger partial charge in [-0.1, -0.05) is 20.8 Å². The second-order valence-electron chi connectivity index (χ2n) is 5.29. The van der Waals surface area contributed by atoms with Crippen molar-refractivity contribution in [2.75, 3.05) is 21.3 Å². The van der Waals surface area contributed by atoms with Crippen LogP contribution in [0.3, 0.4) is 0 Å². The van der Waals surface area contributed by atoms with Gasteiger partial charge in [0.25, 0.3) is 0 Å². The summed E-state index contributed by atoms with van der Waals surface area (Å²) in [5.74, 6) is 2.07. The van der Waals surface area contributed by atoms with Gasteiger partial charge in [-0.3, -0.25) is 0 Å². The number of benzene rings is 1. The van der Waals surface area contributed by atoms with E-state index in [-0.39, 0.29) is 11.5 Å². The van der Waals surface area contributed by atoms with Crippen LogP contribution in [0.25, 0.3) is 0 Å². The molecule has 1 rings (SSSR count). The van der Waals surface area contributed by atoms with Gasteiger partial charge in [0.1, 0.15) is 17.2 Å². The Morgan fingerprint density at radius 2 is 1.39 bits per heavy atom. The minimum Gasteiger partial charge on any atom is -0.496 e. The first kappa shape index (κ1) is 14.6. The van der Waals surface area contributed by atoms with E-state index in [1.807, 2.05) is 12.1 Å². The molecular weight excluding hydrogens is 230 g/mol. The molecule has 0 spiro atoms. The highest BCUT2D eigenvalue weighted by Gasteiger charge is 2.28. The van der Waals surface area contributed by atoms with Crippen LogP contribution in [0.4, 0.5) is 0 Å². The van der Waals surface area contributed by atoms with Gasteiger partial charge in [-0.25, -0.2) is 0 Å². The monoisotopic (exact) mass is 253 g/mol. The van der Waals surface area contributed by atoms with Gasteiger partial charge in [-0.05, 0) is 5.41 Å². The van der Waals surface area contributed by atoms with Crippen molar-refractivity contribution in [1.82, 2.24) is 0 Å². The quantitative estimate of drug-likeness (QED) is 0.896. The molecule has 1 aromatic rings. The summed E-state index contributed by atoms with van der Waals surface area (Å²) >= 11 is 0. The highest BCUT2D eigenvalue weighted by molar-refractivity contribution is 5.52. The molecule has 1 atom stereocenters. The van der Waals surface area contributed by atoms with Crippen LogP contribution in [0.2, 0.25) is 0 Å². The summed E-state index contributed by atoms with van der Waals surface area (Å²) in [4.78, 5) is 0. The Morgan fingerprint density at radius 1 is 0.944 bits per heavy atom. The summed E-state index contributed by atoms with van der Waals surface area (Å²) in [6.45, 7) is 6.25. The van der Waals surface area contributed by atoms with Gasteiger partial charge < -0.3 is 19.9 Å². The Morgan fingerprint density at radius 3 is 1.67 bits per heavy atom. The topological polar surface area (TPSA) is 53.7 Å². The van der Waals surface area contributed by atoms with E-state index in [1.54, 1.807) is 21.3 Å². The van der Waals surface area contributed by atoms with E-state index in [0.717, 1.165) is 5.56 Å². The third-order valence-corrected chi connectivity index (χ3v) is 3.00. The average molecular weight is 253 g/mol. The lowest BCUT2D eigenvalue weighted by Crippen LogP contribution is -2.27. The Hall–Kier alpha value is -1.42. The molecule has 1 aromatic carbocycles. The molecule has 18 heavy (non-hydrogen) atoms. The maximum atomic E-state index is 6.32. The maximum Gasteiger partial charge on any atom is 0.131 e. The predicted octanol–water partition coefficient (Wildman–Crippen LogP) is 2.76. The third kappa shape index (κ3) is 2.88. The van der Waals surface area contributed by atoms with Crippen molar-refractivity contribution in [2.45, 2.75) is 26.8 Å². The van der Waals surface area contributed by atoms with Gasteiger partial charge in [0.15, 0.2) is 0 Å². The molecular formula is C14H23NO3. The highest BCUT2D eigenvalue weighted by Crippen LogP contribution is 2.43. The van der Waals surface area contributed by atoms with Crippen LogP contribution in [-0.2, 0) is 0 Å². The molecule has 0 aliphatic carbocycles. The van der Waals surface area contributed by atoms with Crippen LogP contribution < -0.4 is 19.9 Å². The number of hydrogen-bond donors (Lipinski definition) is 1. The molecule has 0 bridgehead atoms. The molecule has 0 aliphatic rings. The summed E-state index contributed by atoms with van der Waals surface area (Å²) in [6, 6.07) is 3.46. The second-order valence-corrected chi connectivity index (χ2v) is 5.29. The fourth-order valence-corrected chi connectivity index (χ4v) is 1.77. The zero-order valence-electron chi connectivity index (χ0n) is 12.0. The smallest absolute Gasteiger partial charge is 0.131 e. The fourth-order valence-electron chi connectivity index (χ4n) is 1.77. The minimum atomic E-state index is -0.187. The summed E-state index contributed by atoms with van der Waals surface area (Å²) in [6.07, 6.45) is 0. The molecule has 0 saturated carbocycles. The zero-order valence-corrected chi connectivity index (χ0v) is 12.0. The van der Waals surface area contributed by atoms with Crippen LogP contribution in [0.5, 0.6) is 17.2 Å².